The number of aromatic amines is 1. The Bertz CT molecular complexity index is 1200. The van der Waals surface area contributed by atoms with Crippen LogP contribution in [0.25, 0.3) is 11.1 Å². The number of amides is 1. The van der Waals surface area contributed by atoms with Crippen LogP contribution in [0.5, 0.6) is 6.01 Å². The van der Waals surface area contributed by atoms with Gasteiger partial charge < -0.3 is 14.0 Å². The summed E-state index contributed by atoms with van der Waals surface area (Å²) in [5, 5.41) is 4.48. The number of aryl methyl sites for hydroxylation is 1. The molecule has 2 saturated heterocycles. The topological polar surface area (TPSA) is 127 Å². The Hall–Kier alpha value is -3.17. The van der Waals surface area contributed by atoms with Gasteiger partial charge in [0.05, 0.1) is 18.4 Å². The lowest BCUT2D eigenvalue weighted by molar-refractivity contribution is 0.0909. The lowest BCUT2D eigenvalue weighted by atomic mass is 10.0. The summed E-state index contributed by atoms with van der Waals surface area (Å²) in [6.45, 7) is 2.09. The number of nitrogens with zero attached hydrogens (tertiary/aromatic N) is 3. The number of carbonyl (C=O) groups excluding carboxylic acids is 1. The van der Waals surface area contributed by atoms with Crippen molar-refractivity contribution >= 4 is 22.9 Å². The minimum Gasteiger partial charge on any atom is -0.450 e. The summed E-state index contributed by atoms with van der Waals surface area (Å²) in [6.07, 6.45) is 7.95. The van der Waals surface area contributed by atoms with Gasteiger partial charge in [0.1, 0.15) is 5.39 Å². The molecule has 2 aromatic heterocycles. The Morgan fingerprint density at radius 3 is 2.91 bits per heavy atom. The highest BCUT2D eigenvalue weighted by Gasteiger charge is 2.44. The fourth-order valence-corrected chi connectivity index (χ4v) is 5.01. The van der Waals surface area contributed by atoms with Gasteiger partial charge in [-0.2, -0.15) is 4.98 Å². The second kappa shape index (κ2) is 8.99. The first kappa shape index (κ1) is 21.7. The quantitative estimate of drug-likeness (QED) is 0.634. The van der Waals surface area contributed by atoms with Crippen molar-refractivity contribution in [3.63, 3.8) is 0 Å². The molecule has 0 radical (unpaired) electrons. The number of fused-ring (bicyclic) bond motifs is 3. The summed E-state index contributed by atoms with van der Waals surface area (Å²) in [7, 11) is 0. The second-order valence-electron chi connectivity index (χ2n) is 9.04. The summed E-state index contributed by atoms with van der Waals surface area (Å²) in [6, 6.07) is 1.18. The fourth-order valence-electron chi connectivity index (χ4n) is 5.01. The number of hydrogen-bond donors (Lipinski definition) is 1. The number of hydrogen-bond acceptors (Lipinski definition) is 8. The molecule has 2 aromatic rings. The zero-order valence-electron chi connectivity index (χ0n) is 18.7. The third kappa shape index (κ3) is 4.51. The van der Waals surface area contributed by atoms with Crippen LogP contribution in [0, 0.1) is 5.92 Å². The van der Waals surface area contributed by atoms with Crippen molar-refractivity contribution < 1.29 is 18.8 Å². The van der Waals surface area contributed by atoms with E-state index in [1.165, 1.54) is 18.9 Å². The number of carbonyl (C=O) groups is 1. The molecule has 3 aliphatic rings. The van der Waals surface area contributed by atoms with E-state index in [2.05, 4.69) is 15.1 Å². The molecular weight excluding hydrogens is 428 g/mol. The third-order valence-electron chi connectivity index (χ3n) is 6.78. The highest BCUT2D eigenvalue weighted by Crippen LogP contribution is 2.35. The molecule has 4 heterocycles. The number of aromatic nitrogens is 2. The van der Waals surface area contributed by atoms with Gasteiger partial charge in [-0.1, -0.05) is 24.4 Å². The van der Waals surface area contributed by atoms with Crippen LogP contribution >= 0.6 is 0 Å². The van der Waals surface area contributed by atoms with Gasteiger partial charge in [-0.15, -0.1) is 0 Å². The standard InChI is InChI=1S/C23H28N4O6/c1-2-31-23(30)27-15-8-10-16(17(27)11-9-15)26-33-22-24-20(29)19-14(5-3-4-13-6-7-13)12-18(28)32-21(19)25-22/h12-13,15,17H,2-11H2,1H3,(H,24,25,29). The van der Waals surface area contributed by atoms with E-state index < -0.39 is 11.2 Å². The normalized spacial score (nSPS) is 23.3. The maximum absolute atomic E-state index is 12.8. The molecule has 5 rings (SSSR count). The van der Waals surface area contributed by atoms with E-state index in [1.54, 1.807) is 11.8 Å². The zero-order chi connectivity index (χ0) is 22.9. The molecule has 10 nitrogen and oxygen atoms in total. The minimum absolute atomic E-state index is 0.0550. The van der Waals surface area contributed by atoms with Crippen molar-refractivity contribution in [3.05, 3.63) is 32.4 Å². The number of H-pyrrole nitrogens is 1. The molecule has 2 atom stereocenters. The van der Waals surface area contributed by atoms with Gasteiger partial charge in [-0.25, -0.2) is 9.59 Å². The molecule has 0 aromatic carbocycles. The molecule has 176 valence electrons. The molecule has 2 unspecified atom stereocenters. The van der Waals surface area contributed by atoms with Crippen molar-refractivity contribution in [3.8, 4) is 6.01 Å². The summed E-state index contributed by atoms with van der Waals surface area (Å²) in [5.41, 5.74) is 0.310. The molecular formula is C23H28N4O6. The molecule has 2 aliphatic heterocycles. The van der Waals surface area contributed by atoms with Gasteiger partial charge in [-0.3, -0.25) is 14.7 Å². The van der Waals surface area contributed by atoms with Crippen LogP contribution in [-0.4, -0.2) is 45.4 Å². The zero-order valence-corrected chi connectivity index (χ0v) is 18.7. The minimum atomic E-state index is -0.548. The van der Waals surface area contributed by atoms with Crippen molar-refractivity contribution in [1.82, 2.24) is 14.9 Å². The van der Waals surface area contributed by atoms with Gasteiger partial charge >= 0.3 is 17.7 Å². The van der Waals surface area contributed by atoms with Crippen LogP contribution in [0.1, 0.15) is 63.9 Å². The average molecular weight is 456 g/mol. The summed E-state index contributed by atoms with van der Waals surface area (Å²) < 4.78 is 10.4. The van der Waals surface area contributed by atoms with Crippen LogP contribution < -0.4 is 16.0 Å². The van der Waals surface area contributed by atoms with E-state index in [0.29, 0.717) is 30.7 Å². The number of ether oxygens (including phenoxy) is 1. The van der Waals surface area contributed by atoms with E-state index in [4.69, 9.17) is 14.0 Å². The molecule has 1 saturated carbocycles. The summed E-state index contributed by atoms with van der Waals surface area (Å²) in [4.78, 5) is 51.1. The second-order valence-corrected chi connectivity index (χ2v) is 9.04. The van der Waals surface area contributed by atoms with Crippen LogP contribution in [-0.2, 0) is 11.2 Å². The number of oxime groups is 1. The van der Waals surface area contributed by atoms with Crippen LogP contribution in [0.2, 0.25) is 0 Å². The predicted molar refractivity (Wildman–Crippen MR) is 120 cm³/mol. The van der Waals surface area contributed by atoms with Crippen molar-refractivity contribution in [1.29, 1.82) is 0 Å². The molecule has 0 spiro atoms. The van der Waals surface area contributed by atoms with E-state index >= 15 is 0 Å². The summed E-state index contributed by atoms with van der Waals surface area (Å²) >= 11 is 0. The van der Waals surface area contributed by atoms with Crippen molar-refractivity contribution in [2.45, 2.75) is 76.8 Å². The highest BCUT2D eigenvalue weighted by molar-refractivity contribution is 5.93. The fraction of sp³-hybridized carbons (Fsp3) is 0.609. The lowest BCUT2D eigenvalue weighted by Crippen LogP contribution is -2.49. The van der Waals surface area contributed by atoms with Gasteiger partial charge in [-0.05, 0) is 56.9 Å². The Balaban J connectivity index is 1.37. The monoisotopic (exact) mass is 456 g/mol. The lowest BCUT2D eigenvalue weighted by Gasteiger charge is -2.34. The molecule has 33 heavy (non-hydrogen) atoms. The van der Waals surface area contributed by atoms with Crippen molar-refractivity contribution in [2.75, 3.05) is 6.61 Å². The number of piperidine rings is 1. The smallest absolute Gasteiger partial charge is 0.410 e. The van der Waals surface area contributed by atoms with Gasteiger partial charge in [0.15, 0.2) is 0 Å². The maximum Gasteiger partial charge on any atom is 0.410 e. The molecule has 1 aliphatic carbocycles. The molecule has 2 bridgehead atoms. The maximum atomic E-state index is 12.8. The number of nitrogens with one attached hydrogen (secondary N) is 1. The largest absolute Gasteiger partial charge is 0.450 e. The predicted octanol–water partition coefficient (Wildman–Crippen LogP) is 3.13. The molecule has 3 fully saturated rings. The highest BCUT2D eigenvalue weighted by atomic mass is 16.6. The van der Waals surface area contributed by atoms with Gasteiger partial charge in [0, 0.05) is 12.1 Å². The first-order chi connectivity index (χ1) is 16.0. The Labute approximate surface area is 189 Å². The molecule has 1 N–H and O–H groups in total. The molecule has 10 heteroatoms. The van der Waals surface area contributed by atoms with Crippen LogP contribution in [0.3, 0.4) is 0 Å². The van der Waals surface area contributed by atoms with Gasteiger partial charge in [0.25, 0.3) is 5.56 Å². The average Bonchev–Trinajstić information content (AvgIpc) is 3.54. The van der Waals surface area contributed by atoms with E-state index in [1.807, 2.05) is 0 Å². The van der Waals surface area contributed by atoms with Crippen molar-refractivity contribution in [2.24, 2.45) is 11.1 Å². The Morgan fingerprint density at radius 2 is 2.12 bits per heavy atom. The van der Waals surface area contributed by atoms with E-state index in [0.717, 1.165) is 38.0 Å². The van der Waals surface area contributed by atoms with Crippen LogP contribution in [0.4, 0.5) is 4.79 Å². The Morgan fingerprint density at radius 1 is 1.27 bits per heavy atom. The first-order valence-corrected chi connectivity index (χ1v) is 11.8. The van der Waals surface area contributed by atoms with E-state index in [-0.39, 0.29) is 35.3 Å². The third-order valence-corrected chi connectivity index (χ3v) is 6.78. The van der Waals surface area contributed by atoms with Crippen LogP contribution in [0.15, 0.2) is 25.2 Å². The van der Waals surface area contributed by atoms with E-state index in [9.17, 15) is 14.4 Å². The number of rotatable bonds is 7. The summed E-state index contributed by atoms with van der Waals surface area (Å²) in [5.74, 6) is 0.779. The first-order valence-electron chi connectivity index (χ1n) is 11.8. The molecule has 1 amide bonds. The Kier molecular flexibility index (Phi) is 5.90. The van der Waals surface area contributed by atoms with Gasteiger partial charge in [0.2, 0.25) is 5.71 Å². The SMILES string of the molecule is CCOC(=O)N1C2CCC(=NOc3nc4oc(=O)cc(CCCC5CC5)c4c(=O)[nH]3)C1CC2.